The van der Waals surface area contributed by atoms with Gasteiger partial charge in [-0.25, -0.2) is 0 Å². The first-order valence-corrected chi connectivity index (χ1v) is 9.54. The van der Waals surface area contributed by atoms with Crippen LogP contribution >= 0.6 is 11.8 Å². The van der Waals surface area contributed by atoms with Gasteiger partial charge in [-0.2, -0.15) is 0 Å². The van der Waals surface area contributed by atoms with Crippen molar-refractivity contribution in [1.29, 1.82) is 0 Å². The van der Waals surface area contributed by atoms with Crippen LogP contribution in [0.4, 0.5) is 5.69 Å². The van der Waals surface area contributed by atoms with Crippen LogP contribution in [0, 0.1) is 13.8 Å². The number of amides is 1. The molecule has 0 aliphatic heterocycles. The van der Waals surface area contributed by atoms with Gasteiger partial charge >= 0.3 is 0 Å². The molecule has 3 rings (SSSR count). The van der Waals surface area contributed by atoms with Crippen LogP contribution in [0.3, 0.4) is 0 Å². The highest BCUT2D eigenvalue weighted by molar-refractivity contribution is 7.99. The third-order valence-electron chi connectivity index (χ3n) is 4.02. The van der Waals surface area contributed by atoms with Crippen LogP contribution in [0.2, 0.25) is 0 Å². The Labute approximate surface area is 157 Å². The Morgan fingerprint density at radius 1 is 1.23 bits per heavy atom. The Kier molecular flexibility index (Phi) is 5.78. The number of rotatable bonds is 7. The molecule has 0 radical (unpaired) electrons. The predicted molar refractivity (Wildman–Crippen MR) is 103 cm³/mol. The highest BCUT2D eigenvalue weighted by atomic mass is 32.2. The molecule has 0 atom stereocenters. The van der Waals surface area contributed by atoms with Gasteiger partial charge in [0.25, 0.3) is 0 Å². The topological polar surface area (TPSA) is 73.0 Å². The number of nitrogens with one attached hydrogen (secondary N) is 1. The van der Waals surface area contributed by atoms with Crippen molar-refractivity contribution < 1.29 is 9.21 Å². The summed E-state index contributed by atoms with van der Waals surface area (Å²) in [4.78, 5) is 12.3. The lowest BCUT2D eigenvalue weighted by Gasteiger charge is -2.09. The maximum absolute atomic E-state index is 12.3. The summed E-state index contributed by atoms with van der Waals surface area (Å²) in [5.41, 5.74) is 2.81. The fraction of sp³-hybridized carbons (Fsp3) is 0.316. The van der Waals surface area contributed by atoms with Gasteiger partial charge in [-0.05, 0) is 38.0 Å². The summed E-state index contributed by atoms with van der Waals surface area (Å²) in [5, 5.41) is 12.3. The predicted octanol–water partition coefficient (Wildman–Crippen LogP) is 4.30. The minimum atomic E-state index is -0.0589. The number of anilines is 1. The van der Waals surface area contributed by atoms with Crippen molar-refractivity contribution >= 4 is 23.4 Å². The summed E-state index contributed by atoms with van der Waals surface area (Å²) in [5.74, 6) is 1.81. The SMILES string of the molecule is CCCn1c(SCC(=O)Nc2ccccc2C)nnc1-c1ccoc1C. The molecule has 26 heavy (non-hydrogen) atoms. The first-order valence-electron chi connectivity index (χ1n) is 8.56. The number of hydrogen-bond acceptors (Lipinski definition) is 5. The third kappa shape index (κ3) is 3.99. The first kappa shape index (κ1) is 18.3. The number of aromatic nitrogens is 3. The van der Waals surface area contributed by atoms with Gasteiger partial charge < -0.3 is 14.3 Å². The van der Waals surface area contributed by atoms with Crippen molar-refractivity contribution in [2.45, 2.75) is 38.9 Å². The van der Waals surface area contributed by atoms with E-state index in [0.29, 0.717) is 0 Å². The molecule has 3 aromatic rings. The van der Waals surface area contributed by atoms with E-state index >= 15 is 0 Å². The zero-order chi connectivity index (χ0) is 18.5. The van der Waals surface area contributed by atoms with Crippen molar-refractivity contribution in [1.82, 2.24) is 14.8 Å². The Balaban J connectivity index is 1.72. The van der Waals surface area contributed by atoms with Gasteiger partial charge in [0, 0.05) is 12.2 Å². The van der Waals surface area contributed by atoms with Gasteiger partial charge in [0.1, 0.15) is 5.76 Å². The number of nitrogens with zero attached hydrogens (tertiary/aromatic N) is 3. The maximum Gasteiger partial charge on any atom is 0.234 e. The molecule has 136 valence electrons. The number of hydrogen-bond donors (Lipinski definition) is 1. The lowest BCUT2D eigenvalue weighted by atomic mass is 10.2. The van der Waals surface area contributed by atoms with E-state index in [2.05, 4.69) is 22.4 Å². The summed E-state index contributed by atoms with van der Waals surface area (Å²) < 4.78 is 7.43. The Bertz CT molecular complexity index is 901. The highest BCUT2D eigenvalue weighted by Gasteiger charge is 2.18. The van der Waals surface area contributed by atoms with Crippen molar-refractivity contribution in [3.63, 3.8) is 0 Å². The average Bonchev–Trinajstić information content (AvgIpc) is 3.21. The lowest BCUT2D eigenvalue weighted by molar-refractivity contribution is -0.113. The zero-order valence-electron chi connectivity index (χ0n) is 15.2. The largest absolute Gasteiger partial charge is 0.469 e. The molecule has 0 saturated heterocycles. The second-order valence-electron chi connectivity index (χ2n) is 6.00. The molecule has 2 heterocycles. The molecule has 6 nitrogen and oxygen atoms in total. The van der Waals surface area contributed by atoms with E-state index in [4.69, 9.17) is 4.42 Å². The van der Waals surface area contributed by atoms with Gasteiger partial charge in [0.05, 0.1) is 17.6 Å². The molecule has 0 fully saturated rings. The molecule has 0 bridgehead atoms. The minimum absolute atomic E-state index is 0.0589. The Hall–Kier alpha value is -2.54. The van der Waals surface area contributed by atoms with Crippen LogP contribution in [-0.2, 0) is 11.3 Å². The van der Waals surface area contributed by atoms with E-state index in [-0.39, 0.29) is 11.7 Å². The van der Waals surface area contributed by atoms with Crippen molar-refractivity contribution in [3.8, 4) is 11.4 Å². The van der Waals surface area contributed by atoms with Crippen LogP contribution < -0.4 is 5.32 Å². The molecular formula is C19H22N4O2S. The Morgan fingerprint density at radius 2 is 2.04 bits per heavy atom. The molecule has 1 amide bonds. The summed E-state index contributed by atoms with van der Waals surface area (Å²) in [7, 11) is 0. The van der Waals surface area contributed by atoms with E-state index in [1.54, 1.807) is 6.26 Å². The van der Waals surface area contributed by atoms with Gasteiger partial charge in [-0.1, -0.05) is 36.9 Å². The van der Waals surface area contributed by atoms with Crippen LogP contribution in [-0.4, -0.2) is 26.4 Å². The molecule has 0 unspecified atom stereocenters. The second-order valence-corrected chi connectivity index (χ2v) is 6.94. The van der Waals surface area contributed by atoms with E-state index in [1.807, 2.05) is 48.7 Å². The monoisotopic (exact) mass is 370 g/mol. The minimum Gasteiger partial charge on any atom is -0.469 e. The molecule has 1 N–H and O–H groups in total. The number of aryl methyl sites for hydroxylation is 2. The molecule has 0 aliphatic carbocycles. The van der Waals surface area contributed by atoms with Crippen molar-refractivity contribution in [3.05, 3.63) is 47.9 Å². The summed E-state index contributed by atoms with van der Waals surface area (Å²) in [6.45, 7) is 6.77. The number of benzene rings is 1. The summed E-state index contributed by atoms with van der Waals surface area (Å²) >= 11 is 1.39. The van der Waals surface area contributed by atoms with Crippen LogP contribution in [0.25, 0.3) is 11.4 Å². The van der Waals surface area contributed by atoms with E-state index in [0.717, 1.165) is 46.5 Å². The van der Waals surface area contributed by atoms with E-state index in [1.165, 1.54) is 11.8 Å². The lowest BCUT2D eigenvalue weighted by Crippen LogP contribution is -2.15. The maximum atomic E-state index is 12.3. The van der Waals surface area contributed by atoms with Gasteiger partial charge in [0.2, 0.25) is 5.91 Å². The average molecular weight is 370 g/mol. The van der Waals surface area contributed by atoms with E-state index in [9.17, 15) is 4.79 Å². The molecule has 2 aromatic heterocycles. The van der Waals surface area contributed by atoms with Crippen LogP contribution in [0.1, 0.15) is 24.7 Å². The van der Waals surface area contributed by atoms with Crippen LogP contribution in [0.15, 0.2) is 46.2 Å². The smallest absolute Gasteiger partial charge is 0.234 e. The number of furan rings is 1. The summed E-state index contributed by atoms with van der Waals surface area (Å²) in [6.07, 6.45) is 2.60. The number of carbonyl (C=O) groups is 1. The first-order chi connectivity index (χ1) is 12.6. The highest BCUT2D eigenvalue weighted by Crippen LogP contribution is 2.27. The quantitative estimate of drug-likeness (QED) is 0.628. The van der Waals surface area contributed by atoms with Gasteiger partial charge in [-0.3, -0.25) is 4.79 Å². The van der Waals surface area contributed by atoms with Gasteiger partial charge in [-0.15, -0.1) is 10.2 Å². The molecule has 1 aromatic carbocycles. The molecule has 0 aliphatic rings. The molecule has 7 heteroatoms. The van der Waals surface area contributed by atoms with Gasteiger partial charge in [0.15, 0.2) is 11.0 Å². The fourth-order valence-corrected chi connectivity index (χ4v) is 3.43. The number of para-hydroxylation sites is 1. The number of thioether (sulfide) groups is 1. The van der Waals surface area contributed by atoms with E-state index < -0.39 is 0 Å². The summed E-state index contributed by atoms with van der Waals surface area (Å²) in [6, 6.07) is 9.63. The fourth-order valence-electron chi connectivity index (χ4n) is 2.67. The second kappa shape index (κ2) is 8.23. The third-order valence-corrected chi connectivity index (χ3v) is 4.98. The van der Waals surface area contributed by atoms with Crippen LogP contribution in [0.5, 0.6) is 0 Å². The normalized spacial score (nSPS) is 10.9. The number of carbonyl (C=O) groups excluding carboxylic acids is 1. The molecule has 0 saturated carbocycles. The molecule has 0 spiro atoms. The standard InChI is InChI=1S/C19H22N4O2S/c1-4-10-23-18(15-9-11-25-14(15)3)21-22-19(23)26-12-17(24)20-16-8-6-5-7-13(16)2/h5-9,11H,4,10,12H2,1-3H3,(H,20,24). The Morgan fingerprint density at radius 3 is 2.73 bits per heavy atom. The molecular weight excluding hydrogens is 348 g/mol. The van der Waals surface area contributed by atoms with Crippen molar-refractivity contribution in [2.75, 3.05) is 11.1 Å². The zero-order valence-corrected chi connectivity index (χ0v) is 16.0. The van der Waals surface area contributed by atoms with Crippen molar-refractivity contribution in [2.24, 2.45) is 0 Å².